The predicted molar refractivity (Wildman–Crippen MR) is 65.2 cm³/mol. The summed E-state index contributed by atoms with van der Waals surface area (Å²) in [5.41, 5.74) is 2.35. The Balaban J connectivity index is 2.31. The highest BCUT2D eigenvalue weighted by atomic mass is 15.1. The quantitative estimate of drug-likeness (QED) is 0.684. The van der Waals surface area contributed by atoms with E-state index in [1.54, 1.807) is 0 Å². The first-order valence-electron chi connectivity index (χ1n) is 5.06. The van der Waals surface area contributed by atoms with Crippen LogP contribution < -0.4 is 10.6 Å². The van der Waals surface area contributed by atoms with E-state index in [4.69, 9.17) is 0 Å². The third kappa shape index (κ3) is 1.18. The molecule has 1 aliphatic heterocycles. The second-order valence-electron chi connectivity index (χ2n) is 3.71. The molecule has 74 valence electrons. The normalized spacial score (nSPS) is 14.4. The lowest BCUT2D eigenvalue weighted by Crippen LogP contribution is -2.29. The van der Waals surface area contributed by atoms with Gasteiger partial charge in [-0.25, -0.2) is 0 Å². The average molecular weight is 196 g/mol. The maximum absolute atomic E-state index is 3.80. The van der Waals surface area contributed by atoms with Crippen molar-refractivity contribution in [2.75, 3.05) is 10.6 Å². The van der Waals surface area contributed by atoms with Gasteiger partial charge in [0.2, 0.25) is 0 Å². The Morgan fingerprint density at radius 3 is 2.13 bits per heavy atom. The molecule has 15 heavy (non-hydrogen) atoms. The topological polar surface area (TPSA) is 24.1 Å². The lowest BCUT2D eigenvalue weighted by molar-refractivity contribution is 1.01. The van der Waals surface area contributed by atoms with Crippen molar-refractivity contribution in [1.29, 1.82) is 0 Å². The van der Waals surface area contributed by atoms with Crippen molar-refractivity contribution in [3.05, 3.63) is 49.1 Å². The van der Waals surface area contributed by atoms with Crippen LogP contribution in [0.4, 0.5) is 11.4 Å². The van der Waals surface area contributed by atoms with Crippen LogP contribution in [0.2, 0.25) is 0 Å². The van der Waals surface area contributed by atoms with Gasteiger partial charge in [-0.1, -0.05) is 30.8 Å². The molecule has 0 fully saturated rings. The van der Waals surface area contributed by atoms with E-state index < -0.39 is 0 Å². The van der Waals surface area contributed by atoms with Crippen molar-refractivity contribution in [3.8, 4) is 0 Å². The standard InChI is InChI=1S/C13H12N2/c1-2-12-14-10-7-3-5-9-6-4-8-11(15-12)13(9)10/h2-8,12,14-15H,1H2. The molecule has 0 saturated heterocycles. The largest absolute Gasteiger partial charge is 0.362 e. The van der Waals surface area contributed by atoms with Crippen LogP contribution in [0, 0.1) is 0 Å². The summed E-state index contributed by atoms with van der Waals surface area (Å²) in [4.78, 5) is 0. The Kier molecular flexibility index (Phi) is 1.68. The zero-order valence-electron chi connectivity index (χ0n) is 8.33. The molecule has 0 aliphatic carbocycles. The molecule has 0 aromatic heterocycles. The highest BCUT2D eigenvalue weighted by molar-refractivity contribution is 6.04. The molecule has 0 radical (unpaired) electrons. The van der Waals surface area contributed by atoms with Crippen LogP contribution in [0.25, 0.3) is 10.8 Å². The lowest BCUT2D eigenvalue weighted by Gasteiger charge is -2.27. The van der Waals surface area contributed by atoms with Gasteiger partial charge in [0, 0.05) is 16.8 Å². The Labute approximate surface area is 88.6 Å². The van der Waals surface area contributed by atoms with Gasteiger partial charge in [0.25, 0.3) is 0 Å². The third-order valence-corrected chi connectivity index (χ3v) is 2.76. The van der Waals surface area contributed by atoms with Crippen molar-refractivity contribution in [2.24, 2.45) is 0 Å². The van der Waals surface area contributed by atoms with Gasteiger partial charge in [-0.3, -0.25) is 0 Å². The van der Waals surface area contributed by atoms with Crippen molar-refractivity contribution in [2.45, 2.75) is 6.17 Å². The summed E-state index contributed by atoms with van der Waals surface area (Å²) >= 11 is 0. The fourth-order valence-corrected chi connectivity index (χ4v) is 2.07. The number of nitrogens with one attached hydrogen (secondary N) is 2. The number of hydrogen-bond donors (Lipinski definition) is 2. The van der Waals surface area contributed by atoms with E-state index in [1.165, 1.54) is 22.1 Å². The zero-order chi connectivity index (χ0) is 10.3. The molecule has 0 saturated carbocycles. The zero-order valence-corrected chi connectivity index (χ0v) is 8.33. The molecule has 2 heteroatoms. The summed E-state index contributed by atoms with van der Waals surface area (Å²) in [5, 5.41) is 9.28. The third-order valence-electron chi connectivity index (χ3n) is 2.76. The van der Waals surface area contributed by atoms with Crippen LogP contribution in [0.5, 0.6) is 0 Å². The summed E-state index contributed by atoms with van der Waals surface area (Å²) in [6, 6.07) is 12.6. The summed E-state index contributed by atoms with van der Waals surface area (Å²) in [7, 11) is 0. The first kappa shape index (κ1) is 8.36. The Morgan fingerprint density at radius 1 is 1.00 bits per heavy atom. The fourth-order valence-electron chi connectivity index (χ4n) is 2.07. The first-order valence-corrected chi connectivity index (χ1v) is 5.06. The Morgan fingerprint density at radius 2 is 1.60 bits per heavy atom. The van der Waals surface area contributed by atoms with Crippen LogP contribution in [-0.2, 0) is 0 Å². The molecule has 3 rings (SSSR count). The van der Waals surface area contributed by atoms with Crippen molar-refractivity contribution in [1.82, 2.24) is 0 Å². The minimum atomic E-state index is 0.116. The molecule has 2 aromatic carbocycles. The molecule has 2 N–H and O–H groups in total. The number of hydrogen-bond acceptors (Lipinski definition) is 2. The van der Waals surface area contributed by atoms with Gasteiger partial charge in [0.05, 0.1) is 0 Å². The average Bonchev–Trinajstić information content (AvgIpc) is 2.29. The minimum Gasteiger partial charge on any atom is -0.362 e. The molecule has 0 atom stereocenters. The van der Waals surface area contributed by atoms with E-state index >= 15 is 0 Å². The molecule has 0 spiro atoms. The number of anilines is 2. The van der Waals surface area contributed by atoms with Crippen LogP contribution in [0.15, 0.2) is 49.1 Å². The van der Waals surface area contributed by atoms with Crippen LogP contribution >= 0.6 is 0 Å². The van der Waals surface area contributed by atoms with Gasteiger partial charge in [-0.15, -0.1) is 0 Å². The summed E-state index contributed by atoms with van der Waals surface area (Å²) in [6.45, 7) is 3.80. The fraction of sp³-hybridized carbons (Fsp3) is 0.0769. The van der Waals surface area contributed by atoms with Gasteiger partial charge in [-0.05, 0) is 23.6 Å². The van der Waals surface area contributed by atoms with Gasteiger partial charge in [-0.2, -0.15) is 0 Å². The molecular weight excluding hydrogens is 184 g/mol. The maximum Gasteiger partial charge on any atom is 0.116 e. The van der Waals surface area contributed by atoms with E-state index in [0.29, 0.717) is 0 Å². The van der Waals surface area contributed by atoms with E-state index in [1.807, 2.05) is 6.08 Å². The second-order valence-corrected chi connectivity index (χ2v) is 3.71. The minimum absolute atomic E-state index is 0.116. The molecule has 2 nitrogen and oxygen atoms in total. The summed E-state index contributed by atoms with van der Waals surface area (Å²) < 4.78 is 0. The summed E-state index contributed by atoms with van der Waals surface area (Å²) in [6.07, 6.45) is 1.99. The smallest absolute Gasteiger partial charge is 0.116 e. The predicted octanol–water partition coefficient (Wildman–Crippen LogP) is 3.19. The molecular formula is C13H12N2. The molecule has 0 bridgehead atoms. The Hall–Kier alpha value is -1.96. The van der Waals surface area contributed by atoms with Gasteiger partial charge in [0.1, 0.15) is 6.17 Å². The van der Waals surface area contributed by atoms with E-state index in [0.717, 1.165) is 0 Å². The molecule has 0 unspecified atom stereocenters. The van der Waals surface area contributed by atoms with E-state index in [-0.39, 0.29) is 6.17 Å². The van der Waals surface area contributed by atoms with Crippen molar-refractivity contribution >= 4 is 22.1 Å². The van der Waals surface area contributed by atoms with Crippen molar-refractivity contribution < 1.29 is 0 Å². The molecule has 0 amide bonds. The molecule has 1 heterocycles. The van der Waals surface area contributed by atoms with E-state index in [9.17, 15) is 0 Å². The highest BCUT2D eigenvalue weighted by Crippen LogP contribution is 2.34. The monoisotopic (exact) mass is 196 g/mol. The molecule has 1 aliphatic rings. The van der Waals surface area contributed by atoms with E-state index in [2.05, 4.69) is 53.6 Å². The maximum atomic E-state index is 3.80. The van der Waals surface area contributed by atoms with Gasteiger partial charge >= 0.3 is 0 Å². The van der Waals surface area contributed by atoms with Gasteiger partial charge < -0.3 is 10.6 Å². The van der Waals surface area contributed by atoms with Crippen LogP contribution in [0.1, 0.15) is 0 Å². The lowest BCUT2D eigenvalue weighted by atomic mass is 10.0. The van der Waals surface area contributed by atoms with Crippen LogP contribution in [0.3, 0.4) is 0 Å². The van der Waals surface area contributed by atoms with Crippen LogP contribution in [-0.4, -0.2) is 6.17 Å². The SMILES string of the molecule is C=CC1Nc2cccc3cccc(c23)N1. The Bertz CT molecular complexity index is 490. The second kappa shape index (κ2) is 3.02. The van der Waals surface area contributed by atoms with Crippen molar-refractivity contribution in [3.63, 3.8) is 0 Å². The van der Waals surface area contributed by atoms with Gasteiger partial charge in [0.15, 0.2) is 0 Å². The first-order chi connectivity index (χ1) is 7.38. The molecule has 2 aromatic rings. The highest BCUT2D eigenvalue weighted by Gasteiger charge is 2.15. The number of benzene rings is 2. The summed E-state index contributed by atoms with van der Waals surface area (Å²) in [5.74, 6) is 0. The number of rotatable bonds is 1.